The van der Waals surface area contributed by atoms with Crippen LogP contribution in [0.3, 0.4) is 0 Å². The molecule has 0 saturated carbocycles. The second-order valence-corrected chi connectivity index (χ2v) is 25.5. The van der Waals surface area contributed by atoms with Crippen LogP contribution in [0.2, 0.25) is 0 Å². The zero-order chi connectivity index (χ0) is 55.6. The van der Waals surface area contributed by atoms with Crippen molar-refractivity contribution in [3.8, 4) is 44.9 Å². The van der Waals surface area contributed by atoms with Crippen molar-refractivity contribution < 1.29 is 4.74 Å². The fraction of sp³-hybridized carbons (Fsp3) is 0.325. The first kappa shape index (κ1) is 55.2. The van der Waals surface area contributed by atoms with Gasteiger partial charge in [-0.2, -0.15) is 0 Å². The lowest BCUT2D eigenvalue weighted by atomic mass is 9.85. The second-order valence-electron chi connectivity index (χ2n) is 25.5. The van der Waals surface area contributed by atoms with Gasteiger partial charge in [-0.1, -0.05) is 205 Å². The van der Waals surface area contributed by atoms with Crippen molar-refractivity contribution in [2.75, 3.05) is 4.90 Å². The molecule has 79 heavy (non-hydrogen) atoms. The number of unbranched alkanes of at least 4 members (excludes halogenated alkanes) is 3. The Balaban J connectivity index is 1.05. The van der Waals surface area contributed by atoms with E-state index in [1.54, 1.807) is 0 Å². The summed E-state index contributed by atoms with van der Waals surface area (Å²) in [6, 6.07) is 63.3. The van der Waals surface area contributed by atoms with Gasteiger partial charge in [-0.15, -0.1) is 0 Å². The SMILES string of the molecule is CCCCCCc1cc(C)cc(CCCc2cc(C)cc3c(CCCc4cc(C)cc(C)c4)cc(-c4ccc5c(c4)Oc4cc(C)ccc4N5c4cc(-c5ccc(C(C)(C)C)cc5)cc(-c5ccc(C(C)(C)C)cc5)c4)cc23)c1. The summed E-state index contributed by atoms with van der Waals surface area (Å²) >= 11 is 0. The van der Waals surface area contributed by atoms with E-state index in [1.807, 2.05) is 0 Å². The molecule has 0 saturated heterocycles. The molecular formula is C77H85NO. The van der Waals surface area contributed by atoms with Crippen LogP contribution in [-0.4, -0.2) is 0 Å². The van der Waals surface area contributed by atoms with Crippen molar-refractivity contribution in [3.63, 3.8) is 0 Å². The number of rotatable bonds is 17. The van der Waals surface area contributed by atoms with Crippen LogP contribution in [-0.2, 0) is 42.9 Å². The van der Waals surface area contributed by atoms with Crippen LogP contribution >= 0.6 is 0 Å². The maximum absolute atomic E-state index is 7.08. The number of hydrogen-bond donors (Lipinski definition) is 0. The maximum atomic E-state index is 7.08. The highest BCUT2D eigenvalue weighted by Crippen LogP contribution is 2.53. The van der Waals surface area contributed by atoms with Gasteiger partial charge in [-0.05, 0) is 234 Å². The zero-order valence-corrected chi connectivity index (χ0v) is 49.7. The van der Waals surface area contributed by atoms with Gasteiger partial charge in [0.1, 0.15) is 0 Å². The Morgan fingerprint density at radius 1 is 0.342 bits per heavy atom. The number of aryl methyl sites for hydroxylation is 10. The number of nitrogens with zero attached hydrogens (tertiary/aromatic N) is 1. The molecule has 1 heterocycles. The van der Waals surface area contributed by atoms with Crippen LogP contribution in [0.1, 0.15) is 154 Å². The van der Waals surface area contributed by atoms with Crippen molar-refractivity contribution in [1.82, 2.24) is 0 Å². The van der Waals surface area contributed by atoms with Crippen molar-refractivity contribution in [2.45, 2.75) is 165 Å². The first-order valence-corrected chi connectivity index (χ1v) is 29.7. The molecule has 10 rings (SSSR count). The summed E-state index contributed by atoms with van der Waals surface area (Å²) in [7, 11) is 0. The van der Waals surface area contributed by atoms with Crippen LogP contribution in [0.25, 0.3) is 44.2 Å². The van der Waals surface area contributed by atoms with E-state index in [-0.39, 0.29) is 10.8 Å². The Morgan fingerprint density at radius 3 is 1.38 bits per heavy atom. The molecule has 0 fully saturated rings. The molecule has 0 radical (unpaired) electrons. The third kappa shape index (κ3) is 13.0. The number of hydrogen-bond acceptors (Lipinski definition) is 2. The Kier molecular flexibility index (Phi) is 16.3. The van der Waals surface area contributed by atoms with Gasteiger partial charge in [0.05, 0.1) is 11.4 Å². The molecule has 0 N–H and O–H groups in total. The van der Waals surface area contributed by atoms with Crippen LogP contribution in [0.15, 0.2) is 164 Å². The van der Waals surface area contributed by atoms with E-state index in [0.717, 1.165) is 72.6 Å². The van der Waals surface area contributed by atoms with E-state index >= 15 is 0 Å². The largest absolute Gasteiger partial charge is 0.453 e. The quantitative estimate of drug-likeness (QED) is 0.0843. The predicted molar refractivity (Wildman–Crippen MR) is 341 cm³/mol. The standard InChI is InChI=1S/C77H85NO/c1-13-14-15-16-19-57-39-54(5)40-58(44-57)21-18-22-62-41-55(6)42-70-63(23-17-20-56-37-52(3)36-53(4)38-56)45-66(49-71(62)70)61-29-35-73-75(50-61)79-74-43-51(2)24-34-72(74)78(73)69-47-64(59-25-30-67(31-26-59)76(7,8)9)46-65(48-69)60-27-32-68(33-28-60)77(10,11)12/h24-50H,13-23H2,1-12H3. The summed E-state index contributed by atoms with van der Waals surface area (Å²) in [6.45, 7) is 27.2. The fourth-order valence-corrected chi connectivity index (χ4v) is 12.3. The molecule has 0 spiro atoms. The van der Waals surface area contributed by atoms with E-state index in [9.17, 15) is 0 Å². The van der Waals surface area contributed by atoms with Gasteiger partial charge in [-0.3, -0.25) is 0 Å². The minimum absolute atomic E-state index is 0.0644. The van der Waals surface area contributed by atoms with Gasteiger partial charge in [0.25, 0.3) is 0 Å². The molecule has 0 unspecified atom stereocenters. The molecule has 404 valence electrons. The lowest BCUT2D eigenvalue weighted by molar-refractivity contribution is 0.477. The number of fused-ring (bicyclic) bond motifs is 3. The van der Waals surface area contributed by atoms with Crippen LogP contribution < -0.4 is 9.64 Å². The molecular weight excluding hydrogens is 955 g/mol. The monoisotopic (exact) mass is 1040 g/mol. The maximum Gasteiger partial charge on any atom is 0.152 e. The highest BCUT2D eigenvalue weighted by Gasteiger charge is 2.28. The zero-order valence-electron chi connectivity index (χ0n) is 49.7. The van der Waals surface area contributed by atoms with Crippen molar-refractivity contribution >= 4 is 27.8 Å². The van der Waals surface area contributed by atoms with Crippen LogP contribution in [0.5, 0.6) is 11.5 Å². The summed E-state index contributed by atoms with van der Waals surface area (Å²) in [5, 5.41) is 2.77. The summed E-state index contributed by atoms with van der Waals surface area (Å²) < 4.78 is 7.08. The first-order chi connectivity index (χ1) is 37.8. The highest BCUT2D eigenvalue weighted by molar-refractivity contribution is 5.95. The molecule has 2 nitrogen and oxygen atoms in total. The minimum Gasteiger partial charge on any atom is -0.453 e. The molecule has 0 aromatic heterocycles. The van der Waals surface area contributed by atoms with Crippen molar-refractivity contribution in [3.05, 3.63) is 231 Å². The summed E-state index contributed by atoms with van der Waals surface area (Å²) in [4.78, 5) is 2.43. The summed E-state index contributed by atoms with van der Waals surface area (Å²) in [5.74, 6) is 1.72. The Hall–Kier alpha value is -7.16. The number of benzene rings is 9. The smallest absolute Gasteiger partial charge is 0.152 e. The molecule has 0 atom stereocenters. The average Bonchev–Trinajstić information content (AvgIpc) is 3.60. The van der Waals surface area contributed by atoms with E-state index in [2.05, 4.69) is 252 Å². The molecule has 2 heteroatoms. The van der Waals surface area contributed by atoms with Crippen LogP contribution in [0, 0.1) is 34.6 Å². The van der Waals surface area contributed by atoms with Crippen molar-refractivity contribution in [2.24, 2.45) is 0 Å². The van der Waals surface area contributed by atoms with Crippen LogP contribution in [0.4, 0.5) is 17.1 Å². The van der Waals surface area contributed by atoms with Crippen molar-refractivity contribution in [1.29, 1.82) is 0 Å². The summed E-state index contributed by atoms with van der Waals surface area (Å²) in [5.41, 5.74) is 26.9. The molecule has 1 aliphatic heterocycles. The number of ether oxygens (including phenoxy) is 1. The molecule has 0 amide bonds. The summed E-state index contributed by atoms with van der Waals surface area (Å²) in [6.07, 6.45) is 12.7. The average molecular weight is 1040 g/mol. The molecule has 9 aromatic carbocycles. The molecule has 9 aromatic rings. The lowest BCUT2D eigenvalue weighted by Gasteiger charge is -2.34. The predicted octanol–water partition coefficient (Wildman–Crippen LogP) is 22.0. The second kappa shape index (κ2) is 23.3. The highest BCUT2D eigenvalue weighted by atomic mass is 16.5. The minimum atomic E-state index is 0.0644. The van der Waals surface area contributed by atoms with Gasteiger partial charge in [-0.25, -0.2) is 0 Å². The molecule has 0 bridgehead atoms. The number of anilines is 3. The Labute approximate surface area is 475 Å². The van der Waals surface area contributed by atoms with Gasteiger partial charge < -0.3 is 9.64 Å². The Morgan fingerprint density at radius 2 is 0.810 bits per heavy atom. The van der Waals surface area contributed by atoms with Gasteiger partial charge in [0.2, 0.25) is 0 Å². The normalized spacial score (nSPS) is 12.4. The van der Waals surface area contributed by atoms with Gasteiger partial charge in [0, 0.05) is 5.69 Å². The third-order valence-electron chi connectivity index (χ3n) is 16.5. The fourth-order valence-electron chi connectivity index (χ4n) is 12.3. The van der Waals surface area contributed by atoms with Gasteiger partial charge in [0.15, 0.2) is 11.5 Å². The van der Waals surface area contributed by atoms with E-state index < -0.39 is 0 Å². The van der Waals surface area contributed by atoms with Gasteiger partial charge >= 0.3 is 0 Å². The first-order valence-electron chi connectivity index (χ1n) is 29.7. The van der Waals surface area contributed by atoms with E-state index in [0.29, 0.717) is 0 Å². The topological polar surface area (TPSA) is 12.5 Å². The third-order valence-corrected chi connectivity index (χ3v) is 16.5. The van der Waals surface area contributed by atoms with E-state index in [4.69, 9.17) is 4.74 Å². The Bertz CT molecular complexity index is 3540. The molecule has 0 aliphatic carbocycles. The molecule has 1 aliphatic rings. The lowest BCUT2D eigenvalue weighted by Crippen LogP contribution is -2.16. The van der Waals surface area contributed by atoms with E-state index in [1.165, 1.54) is 137 Å².